The van der Waals surface area contributed by atoms with Crippen molar-refractivity contribution in [2.45, 2.75) is 12.5 Å². The minimum atomic E-state index is -1.31. The molecule has 25 heavy (non-hydrogen) atoms. The highest BCUT2D eigenvalue weighted by Gasteiger charge is 2.23. The number of amides is 1. The highest BCUT2D eigenvalue weighted by Crippen LogP contribution is 2.07. The fraction of sp³-hybridized carbons (Fsp3) is 0.250. The normalized spacial score (nSPS) is 11.8. The number of benzene rings is 1. The van der Waals surface area contributed by atoms with Gasteiger partial charge in [-0.15, -0.1) is 0 Å². The molecule has 0 radical (unpaired) electrons. The number of hydrogen-bond donors (Lipinski definition) is 2. The Kier molecular flexibility index (Phi) is 5.16. The van der Waals surface area contributed by atoms with Gasteiger partial charge in [0, 0.05) is 26.6 Å². The van der Waals surface area contributed by atoms with Crippen molar-refractivity contribution >= 4 is 11.9 Å². The van der Waals surface area contributed by atoms with Gasteiger partial charge in [-0.2, -0.15) is 0 Å². The van der Waals surface area contributed by atoms with E-state index < -0.39 is 35.0 Å². The van der Waals surface area contributed by atoms with Gasteiger partial charge in [0.25, 0.3) is 11.5 Å². The van der Waals surface area contributed by atoms with E-state index in [1.165, 1.54) is 38.4 Å². The van der Waals surface area contributed by atoms with E-state index in [-0.39, 0.29) is 12.1 Å². The molecule has 0 aliphatic carbocycles. The number of carboxylic acid groups (broad SMARTS) is 1. The summed E-state index contributed by atoms with van der Waals surface area (Å²) in [7, 11) is 2.56. The molecule has 9 heteroatoms. The topological polar surface area (TPSA) is 110 Å². The first-order chi connectivity index (χ1) is 11.7. The molecule has 1 heterocycles. The van der Waals surface area contributed by atoms with Crippen molar-refractivity contribution in [1.29, 1.82) is 0 Å². The lowest BCUT2D eigenvalue weighted by atomic mass is 10.1. The molecule has 0 spiro atoms. The smallest absolute Gasteiger partial charge is 0.331 e. The van der Waals surface area contributed by atoms with Crippen LogP contribution >= 0.6 is 0 Å². The lowest BCUT2D eigenvalue weighted by Gasteiger charge is -2.16. The number of carboxylic acids is 1. The molecular weight excluding hydrogens is 333 g/mol. The summed E-state index contributed by atoms with van der Waals surface area (Å²) in [6, 6.07) is 4.82. The largest absolute Gasteiger partial charge is 0.480 e. The average molecular weight is 349 g/mol. The van der Waals surface area contributed by atoms with E-state index in [0.29, 0.717) is 5.56 Å². The van der Waals surface area contributed by atoms with Crippen molar-refractivity contribution < 1.29 is 19.1 Å². The van der Waals surface area contributed by atoms with Gasteiger partial charge in [0.1, 0.15) is 17.6 Å². The van der Waals surface area contributed by atoms with Gasteiger partial charge < -0.3 is 10.4 Å². The molecule has 0 fully saturated rings. The number of nitrogens with zero attached hydrogens (tertiary/aromatic N) is 2. The molecular formula is C16H16FN3O5. The molecule has 1 unspecified atom stereocenters. The molecule has 0 saturated carbocycles. The maximum Gasteiger partial charge on any atom is 0.331 e. The number of aliphatic carboxylic acids is 1. The van der Waals surface area contributed by atoms with Crippen LogP contribution in [0.5, 0.6) is 0 Å². The third-order valence-electron chi connectivity index (χ3n) is 3.72. The van der Waals surface area contributed by atoms with Gasteiger partial charge in [-0.1, -0.05) is 12.1 Å². The maximum atomic E-state index is 12.9. The summed E-state index contributed by atoms with van der Waals surface area (Å²) in [5.41, 5.74) is -1.13. The van der Waals surface area contributed by atoms with E-state index in [1.807, 2.05) is 0 Å². The first-order valence-corrected chi connectivity index (χ1v) is 7.26. The Balaban J connectivity index is 2.27. The van der Waals surface area contributed by atoms with Gasteiger partial charge >= 0.3 is 11.7 Å². The molecule has 2 N–H and O–H groups in total. The second kappa shape index (κ2) is 7.12. The van der Waals surface area contributed by atoms with Crippen molar-refractivity contribution in [3.63, 3.8) is 0 Å². The zero-order chi connectivity index (χ0) is 18.7. The first-order valence-electron chi connectivity index (χ1n) is 7.26. The summed E-state index contributed by atoms with van der Waals surface area (Å²) in [5.74, 6) is -2.63. The van der Waals surface area contributed by atoms with Crippen LogP contribution in [0.15, 0.2) is 39.9 Å². The number of carbonyl (C=O) groups excluding carboxylic acids is 1. The fourth-order valence-electron chi connectivity index (χ4n) is 2.24. The first kappa shape index (κ1) is 18.1. The van der Waals surface area contributed by atoms with E-state index in [4.69, 9.17) is 0 Å². The van der Waals surface area contributed by atoms with E-state index in [0.717, 1.165) is 15.2 Å². The van der Waals surface area contributed by atoms with Crippen LogP contribution in [0.1, 0.15) is 16.1 Å². The maximum absolute atomic E-state index is 12.9. The summed E-state index contributed by atoms with van der Waals surface area (Å²) >= 11 is 0. The number of halogens is 1. The summed E-state index contributed by atoms with van der Waals surface area (Å²) in [5, 5.41) is 11.6. The third kappa shape index (κ3) is 4.00. The van der Waals surface area contributed by atoms with E-state index >= 15 is 0 Å². The molecule has 1 amide bonds. The summed E-state index contributed by atoms with van der Waals surface area (Å²) in [4.78, 5) is 47.2. The van der Waals surface area contributed by atoms with Crippen molar-refractivity contribution in [3.05, 3.63) is 68.2 Å². The van der Waals surface area contributed by atoms with Crippen molar-refractivity contribution in [1.82, 2.24) is 14.5 Å². The van der Waals surface area contributed by atoms with E-state index in [2.05, 4.69) is 5.32 Å². The minimum absolute atomic E-state index is 0.0832. The Morgan fingerprint density at radius 3 is 2.32 bits per heavy atom. The van der Waals surface area contributed by atoms with Crippen LogP contribution in [0.2, 0.25) is 0 Å². The molecule has 8 nitrogen and oxygen atoms in total. The third-order valence-corrected chi connectivity index (χ3v) is 3.72. The second-order valence-electron chi connectivity index (χ2n) is 5.46. The Hall–Kier alpha value is -3.23. The minimum Gasteiger partial charge on any atom is -0.480 e. The average Bonchev–Trinajstić information content (AvgIpc) is 2.57. The van der Waals surface area contributed by atoms with Crippen molar-refractivity contribution in [2.24, 2.45) is 14.1 Å². The molecule has 2 aromatic rings. The zero-order valence-electron chi connectivity index (χ0n) is 13.5. The fourth-order valence-corrected chi connectivity index (χ4v) is 2.24. The Labute approximate surface area is 141 Å². The molecule has 0 aliphatic rings. The standard InChI is InChI=1S/C16H16FN3O5/c1-19-12(8-13(21)20(2)16(19)25)14(22)18-11(15(23)24)7-9-3-5-10(17)6-4-9/h3-6,8,11H,7H2,1-2H3,(H,18,22)(H,23,24). The molecule has 2 rings (SSSR count). The Bertz CT molecular complexity index is 930. The lowest BCUT2D eigenvalue weighted by Crippen LogP contribution is -2.46. The molecule has 132 valence electrons. The van der Waals surface area contributed by atoms with Crippen LogP contribution in [0.25, 0.3) is 0 Å². The second-order valence-corrected chi connectivity index (χ2v) is 5.46. The van der Waals surface area contributed by atoms with E-state index in [9.17, 15) is 28.7 Å². The van der Waals surface area contributed by atoms with Gasteiger partial charge in [0.15, 0.2) is 0 Å². The van der Waals surface area contributed by atoms with Gasteiger partial charge in [-0.25, -0.2) is 14.0 Å². The van der Waals surface area contributed by atoms with Crippen LogP contribution < -0.4 is 16.6 Å². The Morgan fingerprint density at radius 2 is 1.76 bits per heavy atom. The SMILES string of the molecule is Cn1c(C(=O)NC(Cc2ccc(F)cc2)C(=O)O)cc(=O)n(C)c1=O. The van der Waals surface area contributed by atoms with Gasteiger partial charge in [-0.05, 0) is 17.7 Å². The van der Waals surface area contributed by atoms with Crippen LogP contribution in [0, 0.1) is 5.82 Å². The Morgan fingerprint density at radius 1 is 1.16 bits per heavy atom. The zero-order valence-corrected chi connectivity index (χ0v) is 13.5. The predicted octanol–water partition coefficient (Wildman–Crippen LogP) is -0.351. The number of rotatable bonds is 5. The highest BCUT2D eigenvalue weighted by atomic mass is 19.1. The van der Waals surface area contributed by atoms with Crippen molar-refractivity contribution in [3.8, 4) is 0 Å². The van der Waals surface area contributed by atoms with E-state index in [1.54, 1.807) is 0 Å². The molecule has 0 saturated heterocycles. The molecule has 1 aromatic heterocycles. The summed E-state index contributed by atoms with van der Waals surface area (Å²) in [6.07, 6.45) is -0.0832. The van der Waals surface area contributed by atoms with Gasteiger partial charge in [-0.3, -0.25) is 18.7 Å². The summed E-state index contributed by atoms with van der Waals surface area (Å²) < 4.78 is 14.7. The number of aromatic nitrogens is 2. The molecule has 1 aromatic carbocycles. The van der Waals surface area contributed by atoms with Crippen LogP contribution in [-0.2, 0) is 25.3 Å². The van der Waals surface area contributed by atoms with Crippen LogP contribution in [0.3, 0.4) is 0 Å². The summed E-state index contributed by atoms with van der Waals surface area (Å²) in [6.45, 7) is 0. The number of hydrogen-bond acceptors (Lipinski definition) is 4. The molecule has 1 atom stereocenters. The van der Waals surface area contributed by atoms with Gasteiger partial charge in [0.2, 0.25) is 0 Å². The monoisotopic (exact) mass is 349 g/mol. The number of nitrogens with one attached hydrogen (secondary N) is 1. The highest BCUT2D eigenvalue weighted by molar-refractivity contribution is 5.95. The predicted molar refractivity (Wildman–Crippen MR) is 85.9 cm³/mol. The molecule has 0 aliphatic heterocycles. The quantitative estimate of drug-likeness (QED) is 0.767. The van der Waals surface area contributed by atoms with Crippen molar-refractivity contribution in [2.75, 3.05) is 0 Å². The lowest BCUT2D eigenvalue weighted by molar-refractivity contribution is -0.139. The number of carbonyl (C=O) groups is 2. The van der Waals surface area contributed by atoms with Crippen LogP contribution in [0.4, 0.5) is 4.39 Å². The van der Waals surface area contributed by atoms with Crippen LogP contribution in [-0.4, -0.2) is 32.2 Å². The molecule has 0 bridgehead atoms. The van der Waals surface area contributed by atoms with Gasteiger partial charge in [0.05, 0.1) is 0 Å².